The number of carbonyl (C=O) groups is 1. The average Bonchev–Trinajstić information content (AvgIpc) is 3.27. The first-order chi connectivity index (χ1) is 12.9. The van der Waals surface area contributed by atoms with Crippen molar-refractivity contribution in [1.82, 2.24) is 19.9 Å². The zero-order valence-electron chi connectivity index (χ0n) is 14.5. The molecule has 1 aliphatic rings. The molecule has 0 aliphatic carbocycles. The van der Waals surface area contributed by atoms with Crippen LogP contribution in [0.4, 0.5) is 14.7 Å². The highest BCUT2D eigenvalue weighted by Gasteiger charge is 2.41. The highest BCUT2D eigenvalue weighted by atomic mass is 32.1. The van der Waals surface area contributed by atoms with Crippen LogP contribution in [0, 0.1) is 0 Å². The fourth-order valence-corrected chi connectivity index (χ4v) is 3.84. The zero-order valence-corrected chi connectivity index (χ0v) is 15.3. The van der Waals surface area contributed by atoms with Crippen molar-refractivity contribution in [3.8, 4) is 0 Å². The van der Waals surface area contributed by atoms with E-state index < -0.39 is 18.4 Å². The van der Waals surface area contributed by atoms with Crippen LogP contribution in [-0.4, -0.2) is 44.8 Å². The Hall–Kier alpha value is -2.68. The summed E-state index contributed by atoms with van der Waals surface area (Å²) < 4.78 is 27.6. The Kier molecular flexibility index (Phi) is 4.47. The molecule has 3 aromatic rings. The minimum atomic E-state index is -2.84. The summed E-state index contributed by atoms with van der Waals surface area (Å²) in [4.78, 5) is 27.1. The van der Waals surface area contributed by atoms with E-state index in [1.54, 1.807) is 17.6 Å². The van der Waals surface area contributed by atoms with E-state index in [0.717, 1.165) is 10.6 Å². The maximum atomic E-state index is 13.5. The molecule has 0 aromatic carbocycles. The van der Waals surface area contributed by atoms with E-state index in [-0.39, 0.29) is 30.6 Å². The number of aromatic nitrogens is 3. The van der Waals surface area contributed by atoms with Gasteiger partial charge in [0.1, 0.15) is 0 Å². The second-order valence-electron chi connectivity index (χ2n) is 6.48. The lowest BCUT2D eigenvalue weighted by atomic mass is 10.2. The molecule has 1 atom stereocenters. The standard InChI is InChI=1S/C18H17F2N5OS/c1-11(12-4-2-3-7-21-12)22-17-23-13-5-9-27-15(13)14(24-17)16(26)25-8-6-18(19,20)10-25/h2-5,7,9,11H,6,8,10H2,1H3,(H,22,23,24). The smallest absolute Gasteiger partial charge is 0.274 e. The summed E-state index contributed by atoms with van der Waals surface area (Å²) in [5.74, 6) is -3.06. The summed E-state index contributed by atoms with van der Waals surface area (Å²) >= 11 is 1.32. The first-order valence-corrected chi connectivity index (χ1v) is 9.41. The van der Waals surface area contributed by atoms with Gasteiger partial charge in [0, 0.05) is 19.2 Å². The molecule has 4 heterocycles. The van der Waals surface area contributed by atoms with Crippen LogP contribution in [0.15, 0.2) is 35.8 Å². The largest absolute Gasteiger partial charge is 0.346 e. The summed E-state index contributed by atoms with van der Waals surface area (Å²) in [7, 11) is 0. The molecule has 27 heavy (non-hydrogen) atoms. The number of nitrogens with zero attached hydrogens (tertiary/aromatic N) is 4. The number of hydrogen-bond donors (Lipinski definition) is 1. The summed E-state index contributed by atoms with van der Waals surface area (Å²) in [6.07, 6.45) is 1.37. The average molecular weight is 389 g/mol. The molecular formula is C18H17F2N5OS. The monoisotopic (exact) mass is 389 g/mol. The molecule has 0 spiro atoms. The molecule has 1 aliphatic heterocycles. The van der Waals surface area contributed by atoms with Gasteiger partial charge >= 0.3 is 0 Å². The van der Waals surface area contributed by atoms with Crippen LogP contribution in [-0.2, 0) is 0 Å². The quantitative estimate of drug-likeness (QED) is 0.736. The molecular weight excluding hydrogens is 372 g/mol. The Morgan fingerprint density at radius 1 is 1.33 bits per heavy atom. The molecule has 0 bridgehead atoms. The number of rotatable bonds is 4. The van der Waals surface area contributed by atoms with Gasteiger partial charge < -0.3 is 10.2 Å². The van der Waals surface area contributed by atoms with Gasteiger partial charge in [0.2, 0.25) is 5.95 Å². The van der Waals surface area contributed by atoms with E-state index in [9.17, 15) is 13.6 Å². The van der Waals surface area contributed by atoms with Crippen LogP contribution in [0.1, 0.15) is 35.6 Å². The van der Waals surface area contributed by atoms with Crippen LogP contribution < -0.4 is 5.32 Å². The maximum absolute atomic E-state index is 13.5. The number of thiophene rings is 1. The Morgan fingerprint density at radius 2 is 2.19 bits per heavy atom. The van der Waals surface area contributed by atoms with Crippen molar-refractivity contribution in [1.29, 1.82) is 0 Å². The predicted molar refractivity (Wildman–Crippen MR) is 99.2 cm³/mol. The fourth-order valence-electron chi connectivity index (χ4n) is 3.03. The van der Waals surface area contributed by atoms with Gasteiger partial charge in [-0.05, 0) is 30.5 Å². The molecule has 9 heteroatoms. The number of anilines is 1. The lowest BCUT2D eigenvalue weighted by Crippen LogP contribution is -2.32. The van der Waals surface area contributed by atoms with Gasteiger partial charge in [-0.3, -0.25) is 9.78 Å². The molecule has 1 amide bonds. The molecule has 0 radical (unpaired) electrons. The third-order valence-electron chi connectivity index (χ3n) is 4.44. The van der Waals surface area contributed by atoms with Crippen molar-refractivity contribution in [2.75, 3.05) is 18.4 Å². The topological polar surface area (TPSA) is 71.0 Å². The first kappa shape index (κ1) is 17.7. The summed E-state index contributed by atoms with van der Waals surface area (Å²) in [6.45, 7) is 1.36. The predicted octanol–water partition coefficient (Wildman–Crippen LogP) is 3.74. The van der Waals surface area contributed by atoms with E-state index in [1.165, 1.54) is 11.3 Å². The second kappa shape index (κ2) is 6.80. The maximum Gasteiger partial charge on any atom is 0.274 e. The molecule has 1 N–H and O–H groups in total. The van der Waals surface area contributed by atoms with Crippen LogP contribution >= 0.6 is 11.3 Å². The molecule has 1 saturated heterocycles. The second-order valence-corrected chi connectivity index (χ2v) is 7.40. The Bertz CT molecular complexity index is 978. The third kappa shape index (κ3) is 3.59. The van der Waals surface area contributed by atoms with E-state index in [1.807, 2.05) is 25.1 Å². The number of halogens is 2. The first-order valence-electron chi connectivity index (χ1n) is 8.53. The van der Waals surface area contributed by atoms with E-state index in [2.05, 4.69) is 20.3 Å². The number of carbonyl (C=O) groups excluding carboxylic acids is 1. The van der Waals surface area contributed by atoms with Gasteiger partial charge in [-0.15, -0.1) is 11.3 Å². The van der Waals surface area contributed by atoms with Gasteiger partial charge in [0.15, 0.2) is 5.69 Å². The van der Waals surface area contributed by atoms with Crippen LogP contribution in [0.25, 0.3) is 10.2 Å². The lowest BCUT2D eigenvalue weighted by molar-refractivity contribution is 0.0120. The summed E-state index contributed by atoms with van der Waals surface area (Å²) in [5.41, 5.74) is 1.57. The molecule has 0 saturated carbocycles. The third-order valence-corrected chi connectivity index (χ3v) is 5.35. The Labute approximate surface area is 158 Å². The van der Waals surface area contributed by atoms with Crippen molar-refractivity contribution in [3.63, 3.8) is 0 Å². The molecule has 3 aromatic heterocycles. The SMILES string of the molecule is CC(Nc1nc(C(=O)N2CCC(F)(F)C2)c2sccc2n1)c1ccccn1. The summed E-state index contributed by atoms with van der Waals surface area (Å²) in [6, 6.07) is 7.19. The zero-order chi connectivity index (χ0) is 19.0. The Balaban J connectivity index is 1.65. The highest BCUT2D eigenvalue weighted by molar-refractivity contribution is 7.17. The molecule has 4 rings (SSSR count). The number of alkyl halides is 2. The summed E-state index contributed by atoms with van der Waals surface area (Å²) in [5, 5.41) is 4.95. The van der Waals surface area contributed by atoms with E-state index in [4.69, 9.17) is 0 Å². The number of likely N-dealkylation sites (tertiary alicyclic amines) is 1. The van der Waals surface area contributed by atoms with Gasteiger partial charge in [-0.1, -0.05) is 6.07 Å². The van der Waals surface area contributed by atoms with E-state index in [0.29, 0.717) is 10.2 Å². The number of nitrogens with one attached hydrogen (secondary N) is 1. The molecule has 1 unspecified atom stereocenters. The fraction of sp³-hybridized carbons (Fsp3) is 0.333. The van der Waals surface area contributed by atoms with Crippen LogP contribution in [0.5, 0.6) is 0 Å². The van der Waals surface area contributed by atoms with Crippen molar-refractivity contribution in [3.05, 3.63) is 47.2 Å². The van der Waals surface area contributed by atoms with Gasteiger partial charge in [0.25, 0.3) is 11.8 Å². The van der Waals surface area contributed by atoms with Crippen molar-refractivity contribution in [2.24, 2.45) is 0 Å². The molecule has 6 nitrogen and oxygen atoms in total. The molecule has 140 valence electrons. The minimum absolute atomic E-state index is 0.0236. The van der Waals surface area contributed by atoms with Crippen molar-refractivity contribution < 1.29 is 13.6 Å². The van der Waals surface area contributed by atoms with Gasteiger partial charge in [0.05, 0.1) is 28.5 Å². The minimum Gasteiger partial charge on any atom is -0.346 e. The number of amides is 1. The number of pyridine rings is 1. The normalized spacial score (nSPS) is 17.2. The number of fused-ring (bicyclic) bond motifs is 1. The number of hydrogen-bond acceptors (Lipinski definition) is 6. The van der Waals surface area contributed by atoms with Gasteiger partial charge in [-0.2, -0.15) is 0 Å². The van der Waals surface area contributed by atoms with E-state index >= 15 is 0 Å². The van der Waals surface area contributed by atoms with Crippen molar-refractivity contribution in [2.45, 2.75) is 25.3 Å². The Morgan fingerprint density at radius 3 is 2.89 bits per heavy atom. The van der Waals surface area contributed by atoms with Crippen molar-refractivity contribution >= 4 is 33.4 Å². The highest BCUT2D eigenvalue weighted by Crippen LogP contribution is 2.30. The van der Waals surface area contributed by atoms with Crippen LogP contribution in [0.3, 0.4) is 0 Å². The van der Waals surface area contributed by atoms with Crippen LogP contribution in [0.2, 0.25) is 0 Å². The lowest BCUT2D eigenvalue weighted by Gasteiger charge is -2.17. The van der Waals surface area contributed by atoms with Gasteiger partial charge in [-0.25, -0.2) is 18.7 Å². The molecule has 1 fully saturated rings.